The van der Waals surface area contributed by atoms with E-state index in [0.717, 1.165) is 11.8 Å². The highest BCUT2D eigenvalue weighted by atomic mass is 32.2. The topological polar surface area (TPSA) is 114 Å². The molecule has 30 heavy (non-hydrogen) atoms. The van der Waals surface area contributed by atoms with Crippen molar-refractivity contribution in [3.05, 3.63) is 57.3 Å². The maximum Gasteiger partial charge on any atom is 0.338 e. The highest BCUT2D eigenvalue weighted by Gasteiger charge is 2.20. The van der Waals surface area contributed by atoms with Crippen molar-refractivity contribution in [3.63, 3.8) is 0 Å². The van der Waals surface area contributed by atoms with Gasteiger partial charge in [-0.2, -0.15) is 0 Å². The Morgan fingerprint density at radius 3 is 2.63 bits per heavy atom. The highest BCUT2D eigenvalue weighted by Crippen LogP contribution is 2.23. The number of amides is 1. The molecular weight excluding hydrogens is 411 g/mol. The molecule has 0 bridgehead atoms. The van der Waals surface area contributed by atoms with Gasteiger partial charge in [0.2, 0.25) is 5.91 Å². The molecule has 1 unspecified atom stereocenters. The van der Waals surface area contributed by atoms with E-state index in [-0.39, 0.29) is 21.8 Å². The van der Waals surface area contributed by atoms with Crippen molar-refractivity contribution in [1.29, 1.82) is 0 Å². The van der Waals surface area contributed by atoms with Gasteiger partial charge in [0.1, 0.15) is 5.82 Å². The molecule has 1 aromatic carbocycles. The summed E-state index contributed by atoms with van der Waals surface area (Å²) in [5, 5.41) is 2.16. The van der Waals surface area contributed by atoms with E-state index in [1.807, 2.05) is 0 Å². The minimum atomic E-state index is -0.670. The molecule has 0 saturated carbocycles. The van der Waals surface area contributed by atoms with Gasteiger partial charge in [-0.3, -0.25) is 9.59 Å². The lowest BCUT2D eigenvalue weighted by Gasteiger charge is -2.12. The Labute approximate surface area is 175 Å². The number of benzene rings is 1. The number of ether oxygens (including phenoxy) is 1. The van der Waals surface area contributed by atoms with Gasteiger partial charge in [-0.15, -0.1) is 0 Å². The van der Waals surface area contributed by atoms with Crippen molar-refractivity contribution in [2.75, 3.05) is 12.4 Å². The van der Waals surface area contributed by atoms with Gasteiger partial charge in [0, 0.05) is 11.4 Å². The zero-order valence-corrected chi connectivity index (χ0v) is 17.5. The molecule has 3 rings (SSSR count). The molecule has 1 amide bonds. The summed E-state index contributed by atoms with van der Waals surface area (Å²) in [6.45, 7) is 4.92. The molecule has 2 N–H and O–H groups in total. The number of hydrogen-bond donors (Lipinski definition) is 2. The number of H-pyrrole nitrogens is 1. The number of methoxy groups -OCH3 is 1. The molecule has 156 valence electrons. The van der Waals surface area contributed by atoms with Crippen LogP contribution >= 0.6 is 11.8 Å². The fourth-order valence-electron chi connectivity index (χ4n) is 2.71. The number of rotatable bonds is 5. The van der Waals surface area contributed by atoms with Crippen LogP contribution in [0, 0.1) is 19.7 Å². The number of halogens is 1. The summed E-state index contributed by atoms with van der Waals surface area (Å²) in [6, 6.07) is 5.86. The molecule has 10 heteroatoms. The van der Waals surface area contributed by atoms with Crippen molar-refractivity contribution in [1.82, 2.24) is 15.0 Å². The summed E-state index contributed by atoms with van der Waals surface area (Å²) >= 11 is 1.00. The van der Waals surface area contributed by atoms with Crippen molar-refractivity contribution in [2.24, 2.45) is 0 Å². The molecule has 0 aliphatic carbocycles. The second kappa shape index (κ2) is 8.62. The van der Waals surface area contributed by atoms with E-state index in [2.05, 4.69) is 20.3 Å². The van der Waals surface area contributed by atoms with Gasteiger partial charge in [0.05, 0.1) is 23.3 Å². The lowest BCUT2D eigenvalue weighted by atomic mass is 10.1. The number of aromatic amines is 1. The predicted octanol–water partition coefficient (Wildman–Crippen LogP) is 2.98. The number of fused-ring (bicyclic) bond motifs is 1. The predicted molar refractivity (Wildman–Crippen MR) is 111 cm³/mol. The van der Waals surface area contributed by atoms with Crippen LogP contribution in [0.3, 0.4) is 0 Å². The van der Waals surface area contributed by atoms with Crippen molar-refractivity contribution >= 4 is 40.4 Å². The van der Waals surface area contributed by atoms with Gasteiger partial charge < -0.3 is 15.0 Å². The minimum absolute atomic E-state index is 0.0176. The Balaban J connectivity index is 1.86. The molecule has 0 fully saturated rings. The zero-order valence-electron chi connectivity index (χ0n) is 16.7. The van der Waals surface area contributed by atoms with Crippen molar-refractivity contribution in [3.8, 4) is 0 Å². The highest BCUT2D eigenvalue weighted by molar-refractivity contribution is 8.00. The first-order valence-corrected chi connectivity index (χ1v) is 9.81. The molecule has 2 heterocycles. The summed E-state index contributed by atoms with van der Waals surface area (Å²) in [4.78, 5) is 48.1. The molecular formula is C20H19FN4O4S. The Bertz CT molecular complexity index is 1210. The first-order chi connectivity index (χ1) is 14.2. The third-order valence-electron chi connectivity index (χ3n) is 4.29. The van der Waals surface area contributed by atoms with Gasteiger partial charge in [-0.05, 0) is 44.5 Å². The molecule has 0 radical (unpaired) electrons. The average molecular weight is 430 g/mol. The van der Waals surface area contributed by atoms with Crippen LogP contribution < -0.4 is 10.9 Å². The fraction of sp³-hybridized carbons (Fsp3) is 0.250. The molecule has 3 aromatic rings. The lowest BCUT2D eigenvalue weighted by molar-refractivity contribution is -0.115. The van der Waals surface area contributed by atoms with Crippen molar-refractivity contribution in [2.45, 2.75) is 31.2 Å². The Morgan fingerprint density at radius 1 is 1.23 bits per heavy atom. The number of esters is 1. The second-order valence-electron chi connectivity index (χ2n) is 6.59. The molecule has 0 aliphatic heterocycles. The summed E-state index contributed by atoms with van der Waals surface area (Å²) in [7, 11) is 1.22. The average Bonchev–Trinajstić information content (AvgIpc) is 2.69. The van der Waals surface area contributed by atoms with Crippen LogP contribution in [-0.4, -0.2) is 39.2 Å². The number of thioether (sulfide) groups is 1. The molecule has 0 spiro atoms. The Morgan fingerprint density at radius 2 is 1.97 bits per heavy atom. The molecule has 8 nitrogen and oxygen atoms in total. The largest absolute Gasteiger partial charge is 0.465 e. The third kappa shape index (κ3) is 4.48. The Kier molecular flexibility index (Phi) is 6.16. The smallest absolute Gasteiger partial charge is 0.338 e. The van der Waals surface area contributed by atoms with E-state index in [4.69, 9.17) is 4.74 Å². The normalized spacial score (nSPS) is 11.9. The zero-order chi connectivity index (χ0) is 22.0. The van der Waals surface area contributed by atoms with E-state index in [1.165, 1.54) is 19.2 Å². The first kappa shape index (κ1) is 21.4. The molecule has 2 aromatic heterocycles. The van der Waals surface area contributed by atoms with Crippen LogP contribution in [-0.2, 0) is 9.53 Å². The van der Waals surface area contributed by atoms with Gasteiger partial charge in [0.25, 0.3) is 5.56 Å². The minimum Gasteiger partial charge on any atom is -0.465 e. The fourth-order valence-corrected chi connectivity index (χ4v) is 3.50. The number of carbonyl (C=O) groups is 2. The van der Waals surface area contributed by atoms with Crippen LogP contribution in [0.4, 0.5) is 10.1 Å². The number of pyridine rings is 1. The number of nitrogens with zero attached hydrogens (tertiary/aromatic N) is 2. The summed E-state index contributed by atoms with van der Waals surface area (Å²) in [5.41, 5.74) is 0.873. The van der Waals surface area contributed by atoms with E-state index in [0.29, 0.717) is 16.9 Å². The monoisotopic (exact) mass is 430 g/mol. The van der Waals surface area contributed by atoms with Crippen molar-refractivity contribution < 1.29 is 18.7 Å². The number of aromatic nitrogens is 3. The first-order valence-electron chi connectivity index (χ1n) is 8.93. The van der Waals surface area contributed by atoms with Gasteiger partial charge in [-0.25, -0.2) is 19.2 Å². The van der Waals surface area contributed by atoms with Gasteiger partial charge >= 0.3 is 5.97 Å². The maximum atomic E-state index is 13.7. The van der Waals surface area contributed by atoms with Gasteiger partial charge in [-0.1, -0.05) is 17.8 Å². The number of carbonyl (C=O) groups excluding carboxylic acids is 2. The van der Waals surface area contributed by atoms with Crippen LogP contribution in [0.25, 0.3) is 11.0 Å². The molecule has 1 atom stereocenters. The Hall–Kier alpha value is -3.27. The molecule has 0 aliphatic rings. The summed E-state index contributed by atoms with van der Waals surface area (Å²) < 4.78 is 18.4. The van der Waals surface area contributed by atoms with Crippen LogP contribution in [0.2, 0.25) is 0 Å². The van der Waals surface area contributed by atoms with Crippen LogP contribution in [0.15, 0.2) is 34.2 Å². The van der Waals surface area contributed by atoms with E-state index < -0.39 is 28.5 Å². The molecule has 0 saturated heterocycles. The van der Waals surface area contributed by atoms with E-state index in [1.54, 1.807) is 32.9 Å². The summed E-state index contributed by atoms with van der Waals surface area (Å²) in [6.07, 6.45) is 0. The SMILES string of the molecule is COC(=O)c1cc(C)nc2nc(SC(C)C(=O)Nc3ccc(C)c(F)c3)[nH]c(=O)c12. The number of aryl methyl sites for hydroxylation is 2. The second-order valence-corrected chi connectivity index (χ2v) is 7.92. The maximum absolute atomic E-state index is 13.7. The summed E-state index contributed by atoms with van der Waals surface area (Å²) in [5.74, 6) is -1.48. The van der Waals surface area contributed by atoms with Crippen LogP contribution in [0.5, 0.6) is 0 Å². The van der Waals surface area contributed by atoms with Gasteiger partial charge in [0.15, 0.2) is 10.8 Å². The third-order valence-corrected chi connectivity index (χ3v) is 5.27. The van der Waals surface area contributed by atoms with Crippen LogP contribution in [0.1, 0.15) is 28.5 Å². The quantitative estimate of drug-likeness (QED) is 0.363. The van der Waals surface area contributed by atoms with E-state index in [9.17, 15) is 18.8 Å². The standard InChI is InChI=1S/C20H19FN4O4S/c1-9-5-6-12(8-14(9)21)23-17(26)11(3)30-20-24-16-15(18(27)25-20)13(19(28)29-4)7-10(2)22-16/h5-8,11H,1-4H3,(H,23,26)(H,22,24,25,27). The number of hydrogen-bond acceptors (Lipinski definition) is 7. The number of nitrogens with one attached hydrogen (secondary N) is 2. The number of anilines is 1. The van der Waals surface area contributed by atoms with E-state index >= 15 is 0 Å². The lowest BCUT2D eigenvalue weighted by Crippen LogP contribution is -2.23.